The molecule has 0 spiro atoms. The maximum atomic E-state index is 12.1. The van der Waals surface area contributed by atoms with Crippen molar-refractivity contribution in [2.24, 2.45) is 4.99 Å². The molecule has 1 atom stereocenters. The average molecular weight is 303 g/mol. The predicted molar refractivity (Wildman–Crippen MR) is 87.5 cm³/mol. The third-order valence-corrected chi connectivity index (χ3v) is 5.21. The number of piperazine rings is 1. The summed E-state index contributed by atoms with van der Waals surface area (Å²) in [5.74, 6) is -0.0165. The van der Waals surface area contributed by atoms with Crippen molar-refractivity contribution in [2.45, 2.75) is 18.6 Å². The number of amidine groups is 1. The molecule has 1 fully saturated rings. The zero-order valence-corrected chi connectivity index (χ0v) is 13.2. The highest BCUT2D eigenvalue weighted by Gasteiger charge is 2.33. The Labute approximate surface area is 130 Å². The van der Waals surface area contributed by atoms with Gasteiger partial charge in [0.25, 0.3) is 5.91 Å². The van der Waals surface area contributed by atoms with Gasteiger partial charge in [0.15, 0.2) is 5.17 Å². The molecule has 1 aromatic carbocycles. The van der Waals surface area contributed by atoms with E-state index in [9.17, 15) is 4.79 Å². The first-order valence-corrected chi connectivity index (χ1v) is 8.47. The molecule has 0 bridgehead atoms. The summed E-state index contributed by atoms with van der Waals surface area (Å²) in [6.45, 7) is 7.46. The van der Waals surface area contributed by atoms with Crippen LogP contribution in [0.15, 0.2) is 35.3 Å². The Bertz CT molecular complexity index is 524. The van der Waals surface area contributed by atoms with Crippen molar-refractivity contribution >= 4 is 22.8 Å². The molecule has 1 unspecified atom stereocenters. The first-order valence-electron chi connectivity index (χ1n) is 7.59. The molecule has 5 heteroatoms. The average Bonchev–Trinajstić information content (AvgIpc) is 2.91. The molecule has 1 saturated heterocycles. The van der Waals surface area contributed by atoms with Crippen LogP contribution in [-0.2, 0) is 4.79 Å². The standard InChI is InChI=1S/C16H21N3OS/c1-2-8-18-9-11-19(12-10-18)16-17-15(20)14(21-16)13-6-4-3-5-7-13/h3-7,14H,2,8-12H2,1H3. The topological polar surface area (TPSA) is 35.9 Å². The molecule has 2 heterocycles. The number of rotatable bonds is 3. The molecule has 0 saturated carbocycles. The number of nitrogens with zero attached hydrogens (tertiary/aromatic N) is 3. The molecule has 1 amide bonds. The van der Waals surface area contributed by atoms with E-state index >= 15 is 0 Å². The number of benzene rings is 1. The van der Waals surface area contributed by atoms with Gasteiger partial charge in [0, 0.05) is 26.2 Å². The highest BCUT2D eigenvalue weighted by atomic mass is 32.2. The molecular weight excluding hydrogens is 282 g/mol. The Morgan fingerprint density at radius 1 is 1.19 bits per heavy atom. The SMILES string of the molecule is CCCN1CCN(C2=NC(=O)C(c3ccccc3)S2)CC1. The molecule has 2 aliphatic heterocycles. The summed E-state index contributed by atoms with van der Waals surface area (Å²) >= 11 is 1.60. The normalized spacial score (nSPS) is 23.5. The van der Waals surface area contributed by atoms with Crippen LogP contribution in [0.5, 0.6) is 0 Å². The van der Waals surface area contributed by atoms with E-state index < -0.39 is 0 Å². The van der Waals surface area contributed by atoms with Crippen molar-refractivity contribution in [2.75, 3.05) is 32.7 Å². The van der Waals surface area contributed by atoms with Crippen molar-refractivity contribution in [3.63, 3.8) is 0 Å². The quantitative estimate of drug-likeness (QED) is 0.859. The highest BCUT2D eigenvalue weighted by Crippen LogP contribution is 2.37. The fourth-order valence-electron chi connectivity index (χ4n) is 2.80. The Morgan fingerprint density at radius 2 is 1.90 bits per heavy atom. The third-order valence-electron chi connectivity index (χ3n) is 3.94. The van der Waals surface area contributed by atoms with E-state index in [2.05, 4.69) is 21.7 Å². The number of aliphatic imine (C=N–C) groups is 1. The van der Waals surface area contributed by atoms with Gasteiger partial charge in [0.2, 0.25) is 0 Å². The van der Waals surface area contributed by atoms with E-state index in [0.717, 1.165) is 36.9 Å². The van der Waals surface area contributed by atoms with Crippen molar-refractivity contribution < 1.29 is 4.79 Å². The second kappa shape index (κ2) is 6.62. The Hall–Kier alpha value is -1.33. The van der Waals surface area contributed by atoms with Crippen LogP contribution >= 0.6 is 11.8 Å². The Morgan fingerprint density at radius 3 is 2.57 bits per heavy atom. The van der Waals surface area contributed by atoms with Crippen LogP contribution in [0.25, 0.3) is 0 Å². The van der Waals surface area contributed by atoms with Gasteiger partial charge in [0.1, 0.15) is 5.25 Å². The number of thioether (sulfide) groups is 1. The van der Waals surface area contributed by atoms with Gasteiger partial charge >= 0.3 is 0 Å². The minimum Gasteiger partial charge on any atom is -0.348 e. The first kappa shape index (κ1) is 14.6. The second-order valence-electron chi connectivity index (χ2n) is 5.47. The van der Waals surface area contributed by atoms with Gasteiger partial charge in [0.05, 0.1) is 0 Å². The molecule has 1 aromatic rings. The largest absolute Gasteiger partial charge is 0.348 e. The second-order valence-corrected chi connectivity index (χ2v) is 6.54. The molecular formula is C16H21N3OS. The number of carbonyl (C=O) groups excluding carboxylic acids is 1. The molecule has 0 radical (unpaired) electrons. The smallest absolute Gasteiger partial charge is 0.266 e. The Balaban J connectivity index is 1.61. The van der Waals surface area contributed by atoms with Crippen molar-refractivity contribution in [3.8, 4) is 0 Å². The van der Waals surface area contributed by atoms with Gasteiger partial charge in [-0.05, 0) is 18.5 Å². The van der Waals surface area contributed by atoms with Crippen LogP contribution < -0.4 is 0 Å². The van der Waals surface area contributed by atoms with Crippen LogP contribution in [-0.4, -0.2) is 53.6 Å². The maximum absolute atomic E-state index is 12.1. The third kappa shape index (κ3) is 3.30. The molecule has 0 aromatic heterocycles. The lowest BCUT2D eigenvalue weighted by Gasteiger charge is -2.35. The van der Waals surface area contributed by atoms with Crippen molar-refractivity contribution in [1.82, 2.24) is 9.80 Å². The number of hydrogen-bond donors (Lipinski definition) is 0. The predicted octanol–water partition coefficient (Wildman–Crippen LogP) is 2.38. The lowest BCUT2D eigenvalue weighted by molar-refractivity contribution is -0.117. The zero-order chi connectivity index (χ0) is 14.7. The van der Waals surface area contributed by atoms with Crippen LogP contribution in [0.2, 0.25) is 0 Å². The van der Waals surface area contributed by atoms with Gasteiger partial charge in [-0.2, -0.15) is 4.99 Å². The summed E-state index contributed by atoms with van der Waals surface area (Å²) in [6, 6.07) is 9.94. The van der Waals surface area contributed by atoms with Gasteiger partial charge in [-0.3, -0.25) is 9.69 Å². The van der Waals surface area contributed by atoms with Gasteiger partial charge in [-0.25, -0.2) is 0 Å². The van der Waals surface area contributed by atoms with Gasteiger partial charge < -0.3 is 4.90 Å². The van der Waals surface area contributed by atoms with Crippen molar-refractivity contribution in [3.05, 3.63) is 35.9 Å². The molecule has 112 valence electrons. The summed E-state index contributed by atoms with van der Waals surface area (Å²) in [5.41, 5.74) is 1.05. The zero-order valence-electron chi connectivity index (χ0n) is 12.4. The molecule has 21 heavy (non-hydrogen) atoms. The summed E-state index contributed by atoms with van der Waals surface area (Å²) in [6.07, 6.45) is 1.20. The molecule has 0 aliphatic carbocycles. The van der Waals surface area contributed by atoms with Crippen molar-refractivity contribution in [1.29, 1.82) is 0 Å². The number of carbonyl (C=O) groups is 1. The van der Waals surface area contributed by atoms with Crippen LogP contribution in [0.3, 0.4) is 0 Å². The minimum atomic E-state index is -0.158. The van der Waals surface area contributed by atoms with Crippen LogP contribution in [0, 0.1) is 0 Å². The fourth-order valence-corrected chi connectivity index (χ4v) is 3.93. The first-order chi connectivity index (χ1) is 10.3. The van der Waals surface area contributed by atoms with Crippen LogP contribution in [0.4, 0.5) is 0 Å². The minimum absolute atomic E-state index is 0.0165. The van der Waals surface area contributed by atoms with E-state index in [-0.39, 0.29) is 11.2 Å². The highest BCUT2D eigenvalue weighted by molar-refractivity contribution is 8.15. The number of amides is 1. The van der Waals surface area contributed by atoms with Gasteiger partial charge in [-0.15, -0.1) is 0 Å². The fraction of sp³-hybridized carbons (Fsp3) is 0.500. The van der Waals surface area contributed by atoms with Crippen LogP contribution in [0.1, 0.15) is 24.2 Å². The molecule has 2 aliphatic rings. The summed E-state index contributed by atoms with van der Waals surface area (Å²) in [4.78, 5) is 21.2. The summed E-state index contributed by atoms with van der Waals surface area (Å²) in [7, 11) is 0. The maximum Gasteiger partial charge on any atom is 0.266 e. The van der Waals surface area contributed by atoms with E-state index in [1.807, 2.05) is 30.3 Å². The summed E-state index contributed by atoms with van der Waals surface area (Å²) < 4.78 is 0. The Kier molecular flexibility index (Phi) is 4.60. The lowest BCUT2D eigenvalue weighted by Crippen LogP contribution is -2.47. The summed E-state index contributed by atoms with van der Waals surface area (Å²) in [5, 5.41) is 0.750. The monoisotopic (exact) mass is 303 g/mol. The molecule has 4 nitrogen and oxygen atoms in total. The molecule has 3 rings (SSSR count). The van der Waals surface area contributed by atoms with E-state index in [4.69, 9.17) is 0 Å². The van der Waals surface area contributed by atoms with Gasteiger partial charge in [-0.1, -0.05) is 49.0 Å². The lowest BCUT2D eigenvalue weighted by atomic mass is 10.1. The number of hydrogen-bond acceptors (Lipinski definition) is 4. The van der Waals surface area contributed by atoms with E-state index in [1.165, 1.54) is 13.0 Å². The molecule has 0 N–H and O–H groups in total. The van der Waals surface area contributed by atoms with E-state index in [0.29, 0.717) is 0 Å². The van der Waals surface area contributed by atoms with E-state index in [1.54, 1.807) is 11.8 Å².